The molecule has 152 valence electrons. The van der Waals surface area contributed by atoms with Crippen molar-refractivity contribution in [2.24, 2.45) is 5.92 Å². The van der Waals surface area contributed by atoms with E-state index in [1.54, 1.807) is 5.20 Å². The summed E-state index contributed by atoms with van der Waals surface area (Å²) in [6, 6.07) is 32.1. The molecule has 1 aliphatic rings. The van der Waals surface area contributed by atoms with Crippen molar-refractivity contribution in [2.45, 2.75) is 40.0 Å². The van der Waals surface area contributed by atoms with Gasteiger partial charge in [0, 0.05) is 0 Å². The van der Waals surface area contributed by atoms with E-state index in [4.69, 9.17) is 0 Å². The van der Waals surface area contributed by atoms with E-state index in [1.165, 1.54) is 46.0 Å². The highest BCUT2D eigenvalue weighted by molar-refractivity contribution is 7.16. The molecular formula is C29H32Si. The van der Waals surface area contributed by atoms with Gasteiger partial charge in [-0.05, 0) is 46.8 Å². The Morgan fingerprint density at radius 1 is 0.733 bits per heavy atom. The van der Waals surface area contributed by atoms with Crippen LogP contribution in [0.5, 0.6) is 0 Å². The van der Waals surface area contributed by atoms with Crippen LogP contribution in [-0.2, 0) is 6.42 Å². The second kappa shape index (κ2) is 9.02. The van der Waals surface area contributed by atoms with Gasteiger partial charge in [-0.3, -0.25) is 0 Å². The maximum Gasteiger partial charge on any atom is 0.176 e. The van der Waals surface area contributed by atoms with Gasteiger partial charge in [0.25, 0.3) is 0 Å². The zero-order valence-electron chi connectivity index (χ0n) is 18.4. The molecule has 0 fully saturated rings. The molecule has 1 aliphatic carbocycles. The van der Waals surface area contributed by atoms with E-state index in [2.05, 4.69) is 118 Å². The van der Waals surface area contributed by atoms with Gasteiger partial charge in [-0.15, -0.1) is 0 Å². The lowest BCUT2D eigenvalue weighted by atomic mass is 10.1. The Morgan fingerprint density at radius 3 is 1.73 bits per heavy atom. The van der Waals surface area contributed by atoms with E-state index < -0.39 is 8.07 Å². The van der Waals surface area contributed by atoms with Crippen molar-refractivity contribution in [3.05, 3.63) is 113 Å². The third kappa shape index (κ3) is 3.63. The molecule has 3 aromatic rings. The maximum atomic E-state index is 2.43. The Kier molecular flexibility index (Phi) is 6.20. The summed E-state index contributed by atoms with van der Waals surface area (Å²) in [5.41, 5.74) is 2.89. The molecule has 1 heteroatoms. The zero-order chi connectivity index (χ0) is 21.0. The van der Waals surface area contributed by atoms with Gasteiger partial charge in [0.05, 0.1) is 0 Å². The third-order valence-corrected chi connectivity index (χ3v) is 11.8. The van der Waals surface area contributed by atoms with Gasteiger partial charge in [-0.1, -0.05) is 128 Å². The summed E-state index contributed by atoms with van der Waals surface area (Å²) in [5.74, 6) is 0.455. The summed E-state index contributed by atoms with van der Waals surface area (Å²) >= 11 is 0. The fourth-order valence-electron chi connectivity index (χ4n) is 5.12. The van der Waals surface area contributed by atoms with Crippen molar-refractivity contribution in [1.29, 1.82) is 0 Å². The molecule has 30 heavy (non-hydrogen) atoms. The van der Waals surface area contributed by atoms with Crippen LogP contribution in [0.3, 0.4) is 0 Å². The van der Waals surface area contributed by atoms with Gasteiger partial charge in [-0.2, -0.15) is 0 Å². The molecular weight excluding hydrogens is 376 g/mol. The Bertz CT molecular complexity index is 987. The standard InChI is InChI=1S/C29H32Si/c1-4-5-12-25-19-21-28(22-20-25)30(26-13-8-6-9-14-26,27-15-10-7-11-16-27)29-23(2)17-18-24(29)3/h6-11,13-23H,4-5,12H2,1-3H3. The maximum absolute atomic E-state index is 2.43. The largest absolute Gasteiger partial charge is 0.176 e. The lowest BCUT2D eigenvalue weighted by molar-refractivity contribution is 0.795. The summed E-state index contributed by atoms with van der Waals surface area (Å²) in [6.07, 6.45) is 8.38. The quantitative estimate of drug-likeness (QED) is 0.355. The van der Waals surface area contributed by atoms with Crippen LogP contribution < -0.4 is 15.6 Å². The van der Waals surface area contributed by atoms with E-state index in [0.29, 0.717) is 5.92 Å². The molecule has 0 bridgehead atoms. The van der Waals surface area contributed by atoms with Crippen LogP contribution in [0.2, 0.25) is 0 Å². The molecule has 0 N–H and O–H groups in total. The molecule has 0 aliphatic heterocycles. The van der Waals surface area contributed by atoms with E-state index in [1.807, 2.05) is 0 Å². The number of aryl methyl sites for hydroxylation is 1. The summed E-state index contributed by atoms with van der Waals surface area (Å²) in [4.78, 5) is 0. The topological polar surface area (TPSA) is 0 Å². The average Bonchev–Trinajstić information content (AvgIpc) is 3.14. The van der Waals surface area contributed by atoms with Crippen molar-refractivity contribution in [3.63, 3.8) is 0 Å². The Labute approximate surface area is 183 Å². The number of allylic oxidation sites excluding steroid dienone is 4. The van der Waals surface area contributed by atoms with Gasteiger partial charge >= 0.3 is 0 Å². The highest BCUT2D eigenvalue weighted by Crippen LogP contribution is 2.33. The Morgan fingerprint density at radius 2 is 1.27 bits per heavy atom. The molecule has 1 unspecified atom stereocenters. The van der Waals surface area contributed by atoms with E-state index in [-0.39, 0.29) is 0 Å². The monoisotopic (exact) mass is 408 g/mol. The summed E-state index contributed by atoms with van der Waals surface area (Å²) in [5, 5.41) is 6.07. The molecule has 0 saturated heterocycles. The summed E-state index contributed by atoms with van der Waals surface area (Å²) in [6.45, 7) is 6.94. The number of unbranched alkanes of at least 4 members (excludes halogenated alkanes) is 1. The van der Waals surface area contributed by atoms with Crippen molar-refractivity contribution in [2.75, 3.05) is 0 Å². The van der Waals surface area contributed by atoms with E-state index in [9.17, 15) is 0 Å². The second-order valence-electron chi connectivity index (χ2n) is 8.53. The minimum Gasteiger partial charge on any atom is -0.0777 e. The fraction of sp³-hybridized carbons (Fsp3) is 0.241. The highest BCUT2D eigenvalue weighted by Gasteiger charge is 2.45. The molecule has 4 rings (SSSR count). The van der Waals surface area contributed by atoms with Crippen molar-refractivity contribution < 1.29 is 0 Å². The minimum atomic E-state index is -2.35. The smallest absolute Gasteiger partial charge is 0.0777 e. The number of hydrogen-bond acceptors (Lipinski definition) is 0. The second-order valence-corrected chi connectivity index (χ2v) is 12.3. The predicted molar refractivity (Wildman–Crippen MR) is 134 cm³/mol. The minimum absolute atomic E-state index is 0.455. The normalized spacial score (nSPS) is 16.3. The lowest BCUT2D eigenvalue weighted by Gasteiger charge is -2.38. The van der Waals surface area contributed by atoms with Crippen LogP contribution >= 0.6 is 0 Å². The predicted octanol–water partition coefficient (Wildman–Crippen LogP) is 5.56. The molecule has 0 amide bonds. The third-order valence-electron chi connectivity index (χ3n) is 6.54. The zero-order valence-corrected chi connectivity index (χ0v) is 19.4. The number of hydrogen-bond donors (Lipinski definition) is 0. The van der Waals surface area contributed by atoms with Crippen LogP contribution in [0.15, 0.2) is 108 Å². The molecule has 0 heterocycles. The van der Waals surface area contributed by atoms with E-state index >= 15 is 0 Å². The summed E-state index contributed by atoms with van der Waals surface area (Å²) < 4.78 is 0. The number of rotatable bonds is 7. The number of benzene rings is 3. The Hall–Kier alpha value is -2.64. The van der Waals surface area contributed by atoms with Crippen LogP contribution in [0, 0.1) is 5.92 Å². The highest BCUT2D eigenvalue weighted by atomic mass is 28.3. The fourth-order valence-corrected chi connectivity index (χ4v) is 10.6. The molecule has 1 atom stereocenters. The molecule has 0 aromatic heterocycles. The molecule has 0 spiro atoms. The first-order valence-electron chi connectivity index (χ1n) is 11.3. The van der Waals surface area contributed by atoms with E-state index in [0.717, 1.165) is 0 Å². The first-order chi connectivity index (χ1) is 14.7. The van der Waals surface area contributed by atoms with Crippen LogP contribution in [0.4, 0.5) is 0 Å². The summed E-state index contributed by atoms with van der Waals surface area (Å²) in [7, 11) is -2.35. The van der Waals surface area contributed by atoms with Gasteiger partial charge in [0.15, 0.2) is 8.07 Å². The van der Waals surface area contributed by atoms with Crippen molar-refractivity contribution in [1.82, 2.24) is 0 Å². The first-order valence-corrected chi connectivity index (χ1v) is 13.3. The SMILES string of the molecule is CCCCc1ccc([Si](C2=C(C)C=CC2C)(c2ccccc2)c2ccccc2)cc1. The molecule has 0 saturated carbocycles. The lowest BCUT2D eigenvalue weighted by Crippen LogP contribution is -2.69. The Balaban J connectivity index is 2.00. The van der Waals surface area contributed by atoms with Gasteiger partial charge in [0.2, 0.25) is 0 Å². The molecule has 3 aromatic carbocycles. The average molecular weight is 409 g/mol. The first kappa shape index (κ1) is 20.6. The van der Waals surface area contributed by atoms with Crippen molar-refractivity contribution in [3.8, 4) is 0 Å². The van der Waals surface area contributed by atoms with Gasteiger partial charge < -0.3 is 0 Å². The van der Waals surface area contributed by atoms with Crippen molar-refractivity contribution >= 4 is 23.6 Å². The van der Waals surface area contributed by atoms with Crippen LogP contribution in [0.1, 0.15) is 39.2 Å². The van der Waals surface area contributed by atoms with Gasteiger partial charge in [-0.25, -0.2) is 0 Å². The molecule has 0 radical (unpaired) electrons. The molecule has 0 nitrogen and oxygen atoms in total. The van der Waals surface area contributed by atoms with Crippen LogP contribution in [-0.4, -0.2) is 8.07 Å². The van der Waals surface area contributed by atoms with Gasteiger partial charge in [0.1, 0.15) is 0 Å². The van der Waals surface area contributed by atoms with Crippen LogP contribution in [0.25, 0.3) is 0 Å².